The molecule has 2 N–H and O–H groups in total. The summed E-state index contributed by atoms with van der Waals surface area (Å²) in [6.07, 6.45) is 4.97. The first-order valence-corrected chi connectivity index (χ1v) is 10.6. The molecule has 1 atom stereocenters. The largest absolute Gasteiger partial charge is 0.494 e. The zero-order valence-corrected chi connectivity index (χ0v) is 18.3. The van der Waals surface area contributed by atoms with Crippen LogP contribution in [0.25, 0.3) is 0 Å². The van der Waals surface area contributed by atoms with Crippen LogP contribution in [0.15, 0.2) is 24.3 Å². The Labute approximate surface area is 180 Å². The number of para-hydroxylation sites is 1. The molecule has 2 amide bonds. The highest BCUT2D eigenvalue weighted by Gasteiger charge is 2.28. The average Bonchev–Trinajstić information content (AvgIpc) is 3.51. The number of hydrogen-bond donors (Lipinski definition) is 2. The smallest absolute Gasteiger partial charge is 0.224 e. The van der Waals surface area contributed by atoms with E-state index in [1.54, 1.807) is 0 Å². The number of piperidine rings is 1. The molecule has 7 heteroatoms. The van der Waals surface area contributed by atoms with Crippen molar-refractivity contribution in [1.82, 2.24) is 15.5 Å². The van der Waals surface area contributed by atoms with Crippen LogP contribution in [0, 0.1) is 5.92 Å². The number of rotatable bonds is 9. The Hall–Kier alpha value is -1.79. The molecular formula is C22H34ClN3O3. The van der Waals surface area contributed by atoms with Gasteiger partial charge in [-0.3, -0.25) is 9.59 Å². The van der Waals surface area contributed by atoms with Crippen molar-refractivity contribution in [3.05, 3.63) is 29.8 Å². The van der Waals surface area contributed by atoms with Gasteiger partial charge in [-0.25, -0.2) is 0 Å². The van der Waals surface area contributed by atoms with Crippen molar-refractivity contribution in [2.45, 2.75) is 58.0 Å². The summed E-state index contributed by atoms with van der Waals surface area (Å²) < 4.78 is 5.71. The lowest BCUT2D eigenvalue weighted by Crippen LogP contribution is -2.46. The third-order valence-corrected chi connectivity index (χ3v) is 5.59. The highest BCUT2D eigenvalue weighted by atomic mass is 35.5. The number of nitrogens with one attached hydrogen (secondary N) is 2. The van der Waals surface area contributed by atoms with Crippen LogP contribution in [-0.2, 0) is 9.59 Å². The maximum absolute atomic E-state index is 12.9. The molecule has 1 saturated carbocycles. The third kappa shape index (κ3) is 7.19. The van der Waals surface area contributed by atoms with Gasteiger partial charge in [0, 0.05) is 31.6 Å². The molecule has 3 rings (SSSR count). The van der Waals surface area contributed by atoms with E-state index in [2.05, 4.69) is 10.6 Å². The number of nitrogens with zero attached hydrogens (tertiary/aromatic N) is 1. The van der Waals surface area contributed by atoms with Gasteiger partial charge in [0.1, 0.15) is 5.75 Å². The van der Waals surface area contributed by atoms with E-state index in [9.17, 15) is 9.59 Å². The minimum absolute atomic E-state index is 0. The van der Waals surface area contributed by atoms with Gasteiger partial charge >= 0.3 is 0 Å². The van der Waals surface area contributed by atoms with E-state index in [4.69, 9.17) is 4.74 Å². The van der Waals surface area contributed by atoms with Gasteiger partial charge in [-0.05, 0) is 51.1 Å². The topological polar surface area (TPSA) is 70.7 Å². The van der Waals surface area contributed by atoms with E-state index in [0.29, 0.717) is 12.6 Å². The zero-order chi connectivity index (χ0) is 19.9. The SMILES string of the molecule is CCOc1ccccc1C(CC(=O)N1CCC(NCC2CC2)CC1)NC(C)=O.Cl. The fourth-order valence-corrected chi connectivity index (χ4v) is 3.83. The zero-order valence-electron chi connectivity index (χ0n) is 17.5. The Balaban J connectivity index is 0.00000300. The van der Waals surface area contributed by atoms with Gasteiger partial charge in [-0.1, -0.05) is 18.2 Å². The van der Waals surface area contributed by atoms with Gasteiger partial charge in [0.25, 0.3) is 0 Å². The van der Waals surface area contributed by atoms with Gasteiger partial charge in [0.05, 0.1) is 19.1 Å². The van der Waals surface area contributed by atoms with Crippen LogP contribution in [0.3, 0.4) is 0 Å². The summed E-state index contributed by atoms with van der Waals surface area (Å²) >= 11 is 0. The summed E-state index contributed by atoms with van der Waals surface area (Å²) in [5, 5.41) is 6.58. The molecule has 1 heterocycles. The van der Waals surface area contributed by atoms with Crippen LogP contribution in [-0.4, -0.2) is 49.0 Å². The fourth-order valence-electron chi connectivity index (χ4n) is 3.83. The number of carbonyl (C=O) groups excluding carboxylic acids is 2. The summed E-state index contributed by atoms with van der Waals surface area (Å²) in [6.45, 7) is 6.63. The second-order valence-electron chi connectivity index (χ2n) is 7.93. The minimum atomic E-state index is -0.376. The molecule has 162 valence electrons. The van der Waals surface area contributed by atoms with Crippen molar-refractivity contribution < 1.29 is 14.3 Å². The summed E-state index contributed by atoms with van der Waals surface area (Å²) in [5.41, 5.74) is 0.855. The molecular weight excluding hydrogens is 390 g/mol. The van der Waals surface area contributed by atoms with Crippen molar-refractivity contribution in [2.75, 3.05) is 26.2 Å². The molecule has 29 heavy (non-hydrogen) atoms. The Bertz CT molecular complexity index is 673. The monoisotopic (exact) mass is 423 g/mol. The third-order valence-electron chi connectivity index (χ3n) is 5.59. The number of hydrogen-bond acceptors (Lipinski definition) is 4. The van der Waals surface area contributed by atoms with Gasteiger partial charge in [0.2, 0.25) is 11.8 Å². The lowest BCUT2D eigenvalue weighted by atomic mass is 9.99. The number of halogens is 1. The number of benzene rings is 1. The predicted octanol–water partition coefficient (Wildman–Crippen LogP) is 3.07. The molecule has 1 saturated heterocycles. The molecule has 0 spiro atoms. The van der Waals surface area contributed by atoms with E-state index < -0.39 is 0 Å². The number of amides is 2. The van der Waals surface area contributed by atoms with Gasteiger partial charge < -0.3 is 20.3 Å². The molecule has 2 aliphatic rings. The standard InChI is InChI=1S/C22H33N3O3.ClH/c1-3-28-21-7-5-4-6-19(21)20(24-16(2)26)14-22(27)25-12-10-18(11-13-25)23-15-17-8-9-17;/h4-7,17-18,20,23H,3,8-15H2,1-2H3,(H,24,26);1H. The molecule has 0 aromatic heterocycles. The van der Waals surface area contributed by atoms with Crippen LogP contribution < -0.4 is 15.4 Å². The van der Waals surface area contributed by atoms with Crippen molar-refractivity contribution in [1.29, 1.82) is 0 Å². The van der Waals surface area contributed by atoms with E-state index in [1.165, 1.54) is 19.8 Å². The van der Waals surface area contributed by atoms with Crippen LogP contribution >= 0.6 is 12.4 Å². The first-order chi connectivity index (χ1) is 13.6. The Morgan fingerprint density at radius 3 is 2.48 bits per heavy atom. The molecule has 1 aromatic rings. The Morgan fingerprint density at radius 1 is 1.17 bits per heavy atom. The van der Waals surface area contributed by atoms with Crippen molar-refractivity contribution in [3.63, 3.8) is 0 Å². The molecule has 0 radical (unpaired) electrons. The minimum Gasteiger partial charge on any atom is -0.494 e. The van der Waals surface area contributed by atoms with Crippen LogP contribution in [0.2, 0.25) is 0 Å². The van der Waals surface area contributed by atoms with Gasteiger partial charge in [0.15, 0.2) is 0 Å². The molecule has 6 nitrogen and oxygen atoms in total. The number of ether oxygens (including phenoxy) is 1. The normalized spacial score (nSPS) is 17.9. The molecule has 1 aliphatic carbocycles. The van der Waals surface area contributed by atoms with Crippen molar-refractivity contribution >= 4 is 24.2 Å². The first-order valence-electron chi connectivity index (χ1n) is 10.6. The molecule has 2 fully saturated rings. The van der Waals surface area contributed by atoms with E-state index >= 15 is 0 Å². The lowest BCUT2D eigenvalue weighted by molar-refractivity contribution is -0.133. The highest BCUT2D eigenvalue weighted by Crippen LogP contribution is 2.29. The first kappa shape index (κ1) is 23.5. The van der Waals surface area contributed by atoms with E-state index in [-0.39, 0.29) is 36.7 Å². The van der Waals surface area contributed by atoms with Gasteiger partial charge in [-0.15, -0.1) is 12.4 Å². The summed E-state index contributed by atoms with van der Waals surface area (Å²) in [4.78, 5) is 26.6. The Morgan fingerprint density at radius 2 is 1.86 bits per heavy atom. The Kier molecular flexibility index (Phi) is 9.24. The lowest BCUT2D eigenvalue weighted by Gasteiger charge is -2.33. The van der Waals surface area contributed by atoms with E-state index in [0.717, 1.165) is 49.7 Å². The maximum atomic E-state index is 12.9. The molecule has 1 unspecified atom stereocenters. The quantitative estimate of drug-likeness (QED) is 0.640. The van der Waals surface area contributed by atoms with Crippen LogP contribution in [0.1, 0.15) is 57.6 Å². The van der Waals surface area contributed by atoms with Crippen molar-refractivity contribution in [3.8, 4) is 5.75 Å². The predicted molar refractivity (Wildman–Crippen MR) is 116 cm³/mol. The van der Waals surface area contributed by atoms with Gasteiger partial charge in [-0.2, -0.15) is 0 Å². The summed E-state index contributed by atoms with van der Waals surface area (Å²) in [7, 11) is 0. The highest BCUT2D eigenvalue weighted by molar-refractivity contribution is 5.85. The second-order valence-corrected chi connectivity index (χ2v) is 7.93. The number of carbonyl (C=O) groups is 2. The van der Waals surface area contributed by atoms with E-state index in [1.807, 2.05) is 36.1 Å². The number of likely N-dealkylation sites (tertiary alicyclic amines) is 1. The van der Waals surface area contributed by atoms with Crippen LogP contribution in [0.4, 0.5) is 0 Å². The summed E-state index contributed by atoms with van der Waals surface area (Å²) in [6, 6.07) is 7.77. The maximum Gasteiger partial charge on any atom is 0.224 e. The second kappa shape index (κ2) is 11.4. The van der Waals surface area contributed by atoms with Crippen LogP contribution in [0.5, 0.6) is 5.75 Å². The molecule has 1 aliphatic heterocycles. The van der Waals surface area contributed by atoms with Crippen molar-refractivity contribution in [2.24, 2.45) is 5.92 Å². The molecule has 0 bridgehead atoms. The average molecular weight is 424 g/mol. The summed E-state index contributed by atoms with van der Waals surface area (Å²) in [5.74, 6) is 1.54. The molecule has 1 aromatic carbocycles. The fraction of sp³-hybridized carbons (Fsp3) is 0.636.